The lowest BCUT2D eigenvalue weighted by Gasteiger charge is -2.39. The summed E-state index contributed by atoms with van der Waals surface area (Å²) in [6.45, 7) is 3.37. The normalized spacial score (nSPS) is 14.8. The Kier molecular flexibility index (Phi) is 7.22. The van der Waals surface area contributed by atoms with Gasteiger partial charge in [0.15, 0.2) is 0 Å². The van der Waals surface area contributed by atoms with Crippen molar-refractivity contribution in [3.8, 4) is 0 Å². The van der Waals surface area contributed by atoms with Gasteiger partial charge in [-0.25, -0.2) is 0 Å². The first-order valence-corrected chi connectivity index (χ1v) is 11.7. The Labute approximate surface area is 183 Å². The van der Waals surface area contributed by atoms with Crippen molar-refractivity contribution < 1.29 is 4.79 Å². The first kappa shape index (κ1) is 20.7. The summed E-state index contributed by atoms with van der Waals surface area (Å²) in [5.74, 6) is 1.69. The van der Waals surface area contributed by atoms with E-state index in [1.54, 1.807) is 11.8 Å². The molecule has 0 aromatic heterocycles. The summed E-state index contributed by atoms with van der Waals surface area (Å²) in [7, 11) is 0. The molecule has 3 nitrogen and oxygen atoms in total. The number of carbonyl (C=O) groups excluding carboxylic acids is 1. The molecule has 1 amide bonds. The van der Waals surface area contributed by atoms with Crippen LogP contribution in [0.3, 0.4) is 0 Å². The number of amides is 1. The van der Waals surface area contributed by atoms with Crippen LogP contribution in [0.1, 0.15) is 22.7 Å². The van der Waals surface area contributed by atoms with Crippen molar-refractivity contribution in [3.05, 3.63) is 108 Å². The average molecular weight is 417 g/mol. The van der Waals surface area contributed by atoms with E-state index in [0.29, 0.717) is 5.75 Å². The highest BCUT2D eigenvalue weighted by molar-refractivity contribution is 7.99. The lowest BCUT2D eigenvalue weighted by molar-refractivity contribution is -0.130. The van der Waals surface area contributed by atoms with E-state index in [0.717, 1.165) is 31.9 Å². The molecule has 3 aromatic carbocycles. The first-order chi connectivity index (χ1) is 14.8. The Bertz CT molecular complexity index is 870. The van der Waals surface area contributed by atoms with E-state index in [1.165, 1.54) is 16.7 Å². The Morgan fingerprint density at radius 1 is 0.733 bits per heavy atom. The number of carbonyl (C=O) groups is 1. The minimum absolute atomic E-state index is 0.233. The molecule has 1 aliphatic heterocycles. The molecule has 1 heterocycles. The van der Waals surface area contributed by atoms with E-state index < -0.39 is 0 Å². The van der Waals surface area contributed by atoms with Gasteiger partial charge in [0.1, 0.15) is 0 Å². The fourth-order valence-corrected chi connectivity index (χ4v) is 4.92. The summed E-state index contributed by atoms with van der Waals surface area (Å²) in [5.41, 5.74) is 3.89. The fraction of sp³-hybridized carbons (Fsp3) is 0.269. The van der Waals surface area contributed by atoms with Crippen LogP contribution in [-0.4, -0.2) is 47.6 Å². The predicted molar refractivity (Wildman–Crippen MR) is 125 cm³/mol. The highest BCUT2D eigenvalue weighted by Crippen LogP contribution is 2.29. The number of hydrogen-bond donors (Lipinski definition) is 0. The van der Waals surface area contributed by atoms with Gasteiger partial charge in [-0.15, -0.1) is 11.8 Å². The largest absolute Gasteiger partial charge is 0.339 e. The van der Waals surface area contributed by atoms with Crippen molar-refractivity contribution in [2.75, 3.05) is 31.9 Å². The molecule has 1 saturated heterocycles. The van der Waals surface area contributed by atoms with Gasteiger partial charge >= 0.3 is 0 Å². The maximum absolute atomic E-state index is 12.7. The molecule has 0 unspecified atom stereocenters. The molecule has 0 atom stereocenters. The van der Waals surface area contributed by atoms with Gasteiger partial charge in [0.2, 0.25) is 5.91 Å². The molecule has 0 aliphatic carbocycles. The maximum atomic E-state index is 12.7. The van der Waals surface area contributed by atoms with E-state index in [-0.39, 0.29) is 11.9 Å². The molecule has 0 spiro atoms. The van der Waals surface area contributed by atoms with Crippen LogP contribution < -0.4 is 0 Å². The van der Waals surface area contributed by atoms with E-state index in [9.17, 15) is 4.79 Å². The topological polar surface area (TPSA) is 23.6 Å². The van der Waals surface area contributed by atoms with Crippen molar-refractivity contribution in [2.45, 2.75) is 11.8 Å². The average Bonchev–Trinajstić information content (AvgIpc) is 2.82. The van der Waals surface area contributed by atoms with E-state index in [4.69, 9.17) is 0 Å². The summed E-state index contributed by atoms with van der Waals surface area (Å²) >= 11 is 1.70. The molecule has 1 fully saturated rings. The van der Waals surface area contributed by atoms with Crippen LogP contribution in [-0.2, 0) is 10.5 Å². The van der Waals surface area contributed by atoms with Gasteiger partial charge in [-0.3, -0.25) is 9.69 Å². The second-order valence-electron chi connectivity index (χ2n) is 7.62. The third kappa shape index (κ3) is 5.32. The number of benzene rings is 3. The number of thioether (sulfide) groups is 1. The molecule has 3 aromatic rings. The second kappa shape index (κ2) is 10.5. The standard InChI is InChI=1S/C26H28N2OS/c29-25(21-30-20-22-10-4-1-5-11-22)27-16-18-28(19-17-27)26(23-12-6-2-7-13-23)24-14-8-3-9-15-24/h1-15,26H,16-21H2. The molecular weight excluding hydrogens is 388 g/mol. The van der Waals surface area contributed by atoms with Crippen molar-refractivity contribution in [1.82, 2.24) is 9.80 Å². The SMILES string of the molecule is O=C(CSCc1ccccc1)N1CCN(C(c2ccccc2)c2ccccc2)CC1. The minimum Gasteiger partial charge on any atom is -0.339 e. The van der Waals surface area contributed by atoms with E-state index >= 15 is 0 Å². The van der Waals surface area contributed by atoms with Crippen LogP contribution in [0, 0.1) is 0 Å². The molecule has 4 heteroatoms. The zero-order chi connectivity index (χ0) is 20.6. The lowest BCUT2D eigenvalue weighted by Crippen LogP contribution is -2.50. The quantitative estimate of drug-likeness (QED) is 0.550. The van der Waals surface area contributed by atoms with Gasteiger partial charge in [0, 0.05) is 31.9 Å². The van der Waals surface area contributed by atoms with Gasteiger partial charge in [0.25, 0.3) is 0 Å². The zero-order valence-electron chi connectivity index (χ0n) is 17.2. The maximum Gasteiger partial charge on any atom is 0.232 e. The van der Waals surface area contributed by atoms with Crippen LogP contribution in [0.2, 0.25) is 0 Å². The molecule has 0 bridgehead atoms. The highest BCUT2D eigenvalue weighted by Gasteiger charge is 2.27. The van der Waals surface area contributed by atoms with Gasteiger partial charge < -0.3 is 4.90 Å². The Hall–Kier alpha value is -2.56. The van der Waals surface area contributed by atoms with Crippen molar-refractivity contribution in [2.24, 2.45) is 0 Å². The van der Waals surface area contributed by atoms with E-state index in [2.05, 4.69) is 77.7 Å². The van der Waals surface area contributed by atoms with E-state index in [1.807, 2.05) is 23.1 Å². The van der Waals surface area contributed by atoms with Crippen LogP contribution in [0.4, 0.5) is 0 Å². The second-order valence-corrected chi connectivity index (χ2v) is 8.60. The predicted octanol–water partition coefficient (Wildman–Crippen LogP) is 4.85. The monoisotopic (exact) mass is 416 g/mol. The molecule has 1 aliphatic rings. The van der Waals surface area contributed by atoms with Crippen LogP contribution >= 0.6 is 11.8 Å². The Morgan fingerprint density at radius 3 is 1.77 bits per heavy atom. The molecule has 0 radical (unpaired) electrons. The van der Waals surface area contributed by atoms with Crippen molar-refractivity contribution >= 4 is 17.7 Å². The summed E-state index contributed by atoms with van der Waals surface area (Å²) in [6, 6.07) is 32.0. The van der Waals surface area contributed by atoms with Crippen molar-refractivity contribution in [3.63, 3.8) is 0 Å². The first-order valence-electron chi connectivity index (χ1n) is 10.5. The lowest BCUT2D eigenvalue weighted by atomic mass is 9.96. The highest BCUT2D eigenvalue weighted by atomic mass is 32.2. The Balaban J connectivity index is 1.34. The van der Waals surface area contributed by atoms with Crippen LogP contribution in [0.25, 0.3) is 0 Å². The van der Waals surface area contributed by atoms with Gasteiger partial charge in [-0.1, -0.05) is 91.0 Å². The van der Waals surface area contributed by atoms with Crippen LogP contribution in [0.5, 0.6) is 0 Å². The van der Waals surface area contributed by atoms with Gasteiger partial charge in [-0.05, 0) is 16.7 Å². The molecule has 154 valence electrons. The number of nitrogens with zero attached hydrogens (tertiary/aromatic N) is 2. The molecule has 0 saturated carbocycles. The molecule has 30 heavy (non-hydrogen) atoms. The summed E-state index contributed by atoms with van der Waals surface area (Å²) in [6.07, 6.45) is 0. The fourth-order valence-electron chi connectivity index (χ4n) is 4.04. The summed E-state index contributed by atoms with van der Waals surface area (Å²) < 4.78 is 0. The molecular formula is C26H28N2OS. The number of piperazine rings is 1. The smallest absolute Gasteiger partial charge is 0.232 e. The summed E-state index contributed by atoms with van der Waals surface area (Å²) in [5, 5.41) is 0. The van der Waals surface area contributed by atoms with Gasteiger partial charge in [-0.2, -0.15) is 0 Å². The number of rotatable bonds is 7. The minimum atomic E-state index is 0.233. The van der Waals surface area contributed by atoms with Gasteiger partial charge in [0.05, 0.1) is 11.8 Å². The van der Waals surface area contributed by atoms with Crippen molar-refractivity contribution in [1.29, 1.82) is 0 Å². The van der Waals surface area contributed by atoms with Crippen LogP contribution in [0.15, 0.2) is 91.0 Å². The zero-order valence-corrected chi connectivity index (χ0v) is 18.0. The third-order valence-electron chi connectivity index (χ3n) is 5.60. The number of hydrogen-bond acceptors (Lipinski definition) is 3. The molecule has 0 N–H and O–H groups in total. The third-order valence-corrected chi connectivity index (χ3v) is 6.59. The Morgan fingerprint density at radius 2 is 1.23 bits per heavy atom. The molecule has 4 rings (SSSR count). The summed E-state index contributed by atoms with van der Waals surface area (Å²) in [4.78, 5) is 17.2.